The van der Waals surface area contributed by atoms with E-state index in [1.807, 2.05) is 35.7 Å². The van der Waals surface area contributed by atoms with Crippen molar-refractivity contribution in [2.24, 2.45) is 5.92 Å². The predicted molar refractivity (Wildman–Crippen MR) is 52.4 cm³/mol. The van der Waals surface area contributed by atoms with E-state index in [-0.39, 0.29) is 11.7 Å². The summed E-state index contributed by atoms with van der Waals surface area (Å²) in [5, 5.41) is 0. The topological polar surface area (TPSA) is 34.4 Å². The van der Waals surface area contributed by atoms with E-state index in [4.69, 9.17) is 0 Å². The molecule has 1 aliphatic carbocycles. The molecule has 0 amide bonds. The average Bonchev–Trinajstić information content (AvgIpc) is 2.67. The summed E-state index contributed by atoms with van der Waals surface area (Å²) in [5.41, 5.74) is 2.61. The van der Waals surface area contributed by atoms with Gasteiger partial charge in [0.1, 0.15) is 11.3 Å². The van der Waals surface area contributed by atoms with Gasteiger partial charge in [0.15, 0.2) is 5.78 Å². The molecular formula is C11H10N2O. The Morgan fingerprint density at radius 1 is 1.50 bits per heavy atom. The third-order valence-corrected chi connectivity index (χ3v) is 2.81. The van der Waals surface area contributed by atoms with Crippen molar-refractivity contribution in [1.29, 1.82) is 0 Å². The summed E-state index contributed by atoms with van der Waals surface area (Å²) in [5.74, 6) is 0.285. The lowest BCUT2D eigenvalue weighted by atomic mass is 10.1. The van der Waals surface area contributed by atoms with Gasteiger partial charge in [0, 0.05) is 18.5 Å². The predicted octanol–water partition coefficient (Wildman–Crippen LogP) is 1.71. The lowest BCUT2D eigenvalue weighted by Crippen LogP contribution is -2.04. The Morgan fingerprint density at radius 2 is 2.36 bits per heavy atom. The van der Waals surface area contributed by atoms with Gasteiger partial charge < -0.3 is 4.40 Å². The number of ketones is 1. The van der Waals surface area contributed by atoms with Gasteiger partial charge in [-0.3, -0.25) is 4.79 Å². The molecule has 0 radical (unpaired) electrons. The Bertz CT molecular complexity index is 527. The summed E-state index contributed by atoms with van der Waals surface area (Å²) >= 11 is 0. The van der Waals surface area contributed by atoms with Gasteiger partial charge in [-0.15, -0.1) is 0 Å². The number of aromatic nitrogens is 2. The van der Waals surface area contributed by atoms with Crippen LogP contribution in [0.1, 0.15) is 23.1 Å². The Kier molecular flexibility index (Phi) is 1.35. The van der Waals surface area contributed by atoms with Crippen molar-refractivity contribution in [3.8, 4) is 0 Å². The zero-order chi connectivity index (χ0) is 9.71. The standard InChI is InChI=1S/C11H10N2O/c1-7-6-8-10(11(7)14)12-9-4-2-3-5-13(8)9/h2-5,7H,6H2,1H3/t7-/m0/s1. The van der Waals surface area contributed by atoms with Crippen LogP contribution in [0.2, 0.25) is 0 Å². The zero-order valence-corrected chi connectivity index (χ0v) is 7.90. The minimum atomic E-state index is 0.101. The Hall–Kier alpha value is -1.64. The lowest BCUT2D eigenvalue weighted by molar-refractivity contribution is 0.0942. The summed E-state index contributed by atoms with van der Waals surface area (Å²) in [6.07, 6.45) is 2.78. The van der Waals surface area contributed by atoms with Crippen molar-refractivity contribution < 1.29 is 4.79 Å². The molecule has 0 fully saturated rings. The Labute approximate surface area is 81.4 Å². The highest BCUT2D eigenvalue weighted by Crippen LogP contribution is 2.26. The maximum atomic E-state index is 11.7. The van der Waals surface area contributed by atoms with Gasteiger partial charge in [0.25, 0.3) is 0 Å². The molecule has 0 N–H and O–H groups in total. The van der Waals surface area contributed by atoms with E-state index in [2.05, 4.69) is 4.98 Å². The van der Waals surface area contributed by atoms with Crippen LogP contribution in [0.5, 0.6) is 0 Å². The van der Waals surface area contributed by atoms with Gasteiger partial charge in [-0.25, -0.2) is 4.98 Å². The molecule has 3 heteroatoms. The molecule has 2 heterocycles. The van der Waals surface area contributed by atoms with E-state index in [1.54, 1.807) is 0 Å². The highest BCUT2D eigenvalue weighted by molar-refractivity contribution is 6.00. The van der Waals surface area contributed by atoms with Gasteiger partial charge in [-0.2, -0.15) is 0 Å². The van der Waals surface area contributed by atoms with Gasteiger partial charge in [0.2, 0.25) is 0 Å². The molecule has 3 nitrogen and oxygen atoms in total. The number of pyridine rings is 1. The molecule has 70 valence electrons. The molecule has 2 aromatic heterocycles. The number of imidazole rings is 1. The fourth-order valence-corrected chi connectivity index (χ4v) is 2.06. The van der Waals surface area contributed by atoms with Crippen molar-refractivity contribution >= 4 is 11.4 Å². The van der Waals surface area contributed by atoms with Crippen LogP contribution in [0.15, 0.2) is 24.4 Å². The first-order chi connectivity index (χ1) is 6.77. The second-order valence-corrected chi connectivity index (χ2v) is 3.81. The van der Waals surface area contributed by atoms with Crippen molar-refractivity contribution in [3.63, 3.8) is 0 Å². The summed E-state index contributed by atoms with van der Waals surface area (Å²) in [6, 6.07) is 5.82. The van der Waals surface area contributed by atoms with Crippen molar-refractivity contribution in [2.75, 3.05) is 0 Å². The molecule has 0 spiro atoms. The highest BCUT2D eigenvalue weighted by Gasteiger charge is 2.31. The molecule has 0 aromatic carbocycles. The highest BCUT2D eigenvalue weighted by atomic mass is 16.1. The monoisotopic (exact) mass is 186 g/mol. The largest absolute Gasteiger partial charge is 0.303 e. The first-order valence-corrected chi connectivity index (χ1v) is 4.77. The van der Waals surface area contributed by atoms with E-state index in [1.165, 1.54) is 0 Å². The van der Waals surface area contributed by atoms with Crippen molar-refractivity contribution in [1.82, 2.24) is 9.38 Å². The van der Waals surface area contributed by atoms with E-state index in [0.717, 1.165) is 17.8 Å². The minimum Gasteiger partial charge on any atom is -0.303 e. The van der Waals surface area contributed by atoms with E-state index < -0.39 is 0 Å². The molecule has 2 aromatic rings. The number of hydrogen-bond acceptors (Lipinski definition) is 2. The SMILES string of the molecule is C[C@H]1Cc2c(nc3ccccn23)C1=O. The van der Waals surface area contributed by atoms with Crippen LogP contribution in [0.3, 0.4) is 0 Å². The second kappa shape index (κ2) is 2.44. The Balaban J connectivity index is 2.36. The third-order valence-electron chi connectivity index (χ3n) is 2.81. The molecule has 0 unspecified atom stereocenters. The van der Waals surface area contributed by atoms with Gasteiger partial charge >= 0.3 is 0 Å². The number of hydrogen-bond donors (Lipinski definition) is 0. The molecule has 0 saturated carbocycles. The number of carbonyl (C=O) groups excluding carboxylic acids is 1. The Morgan fingerprint density at radius 3 is 3.21 bits per heavy atom. The fraction of sp³-hybridized carbons (Fsp3) is 0.273. The number of carbonyl (C=O) groups is 1. The van der Waals surface area contributed by atoms with Gasteiger partial charge in [-0.05, 0) is 12.1 Å². The van der Waals surface area contributed by atoms with Crippen molar-refractivity contribution in [3.05, 3.63) is 35.8 Å². The molecule has 3 rings (SSSR count). The van der Waals surface area contributed by atoms with Crippen LogP contribution in [0, 0.1) is 5.92 Å². The first kappa shape index (κ1) is 7.74. The van der Waals surface area contributed by atoms with Gasteiger partial charge in [-0.1, -0.05) is 13.0 Å². The second-order valence-electron chi connectivity index (χ2n) is 3.81. The molecule has 1 aliphatic rings. The maximum absolute atomic E-state index is 11.7. The first-order valence-electron chi connectivity index (χ1n) is 4.77. The number of fused-ring (bicyclic) bond motifs is 3. The van der Waals surface area contributed by atoms with Crippen LogP contribution < -0.4 is 0 Å². The van der Waals surface area contributed by atoms with Crippen LogP contribution >= 0.6 is 0 Å². The molecule has 0 aliphatic heterocycles. The zero-order valence-electron chi connectivity index (χ0n) is 7.90. The maximum Gasteiger partial charge on any atom is 0.186 e. The average molecular weight is 186 g/mol. The van der Waals surface area contributed by atoms with Crippen LogP contribution in [0.4, 0.5) is 0 Å². The molecule has 0 bridgehead atoms. The summed E-state index contributed by atoms with van der Waals surface area (Å²) in [6.45, 7) is 1.96. The van der Waals surface area contributed by atoms with Crippen LogP contribution in [-0.4, -0.2) is 15.2 Å². The van der Waals surface area contributed by atoms with E-state index in [9.17, 15) is 4.79 Å². The normalized spacial score (nSPS) is 20.4. The fourth-order valence-electron chi connectivity index (χ4n) is 2.06. The van der Waals surface area contributed by atoms with Crippen LogP contribution in [0.25, 0.3) is 5.65 Å². The number of rotatable bonds is 0. The molecule has 14 heavy (non-hydrogen) atoms. The quantitative estimate of drug-likeness (QED) is 0.627. The van der Waals surface area contributed by atoms with E-state index in [0.29, 0.717) is 5.69 Å². The van der Waals surface area contributed by atoms with Crippen LogP contribution in [-0.2, 0) is 6.42 Å². The molecular weight excluding hydrogens is 176 g/mol. The van der Waals surface area contributed by atoms with Gasteiger partial charge in [0.05, 0.1) is 5.69 Å². The minimum absolute atomic E-state index is 0.101. The number of Topliss-reactive ketones (excluding diaryl/α,β-unsaturated/α-hetero) is 1. The molecule has 1 atom stereocenters. The third kappa shape index (κ3) is 0.816. The van der Waals surface area contributed by atoms with Crippen molar-refractivity contribution in [2.45, 2.75) is 13.3 Å². The summed E-state index contributed by atoms with van der Waals surface area (Å²) in [7, 11) is 0. The lowest BCUT2D eigenvalue weighted by Gasteiger charge is -1.99. The summed E-state index contributed by atoms with van der Waals surface area (Å²) in [4.78, 5) is 16.0. The van der Waals surface area contributed by atoms with E-state index >= 15 is 0 Å². The summed E-state index contributed by atoms with van der Waals surface area (Å²) < 4.78 is 2.01. The smallest absolute Gasteiger partial charge is 0.186 e. The number of nitrogens with zero attached hydrogens (tertiary/aromatic N) is 2. The molecule has 0 saturated heterocycles.